The lowest BCUT2D eigenvalue weighted by Gasteiger charge is -2.27. The predicted octanol–water partition coefficient (Wildman–Crippen LogP) is 0.886. The van der Waals surface area contributed by atoms with Crippen LogP contribution in [0.5, 0.6) is 0 Å². The zero-order valence-electron chi connectivity index (χ0n) is 10.8. The molecule has 2 rings (SSSR count). The Labute approximate surface area is 103 Å². The van der Waals surface area contributed by atoms with Crippen molar-refractivity contribution >= 4 is 5.78 Å². The van der Waals surface area contributed by atoms with Gasteiger partial charge in [-0.25, -0.2) is 0 Å². The van der Waals surface area contributed by atoms with Crippen molar-refractivity contribution in [2.45, 2.75) is 25.3 Å². The molecule has 17 heavy (non-hydrogen) atoms. The van der Waals surface area contributed by atoms with Gasteiger partial charge >= 0.3 is 0 Å². The number of carbonyl (C=O) groups excluding carboxylic acids is 1. The van der Waals surface area contributed by atoms with Crippen LogP contribution in [0.4, 0.5) is 0 Å². The minimum atomic E-state index is -0.00421. The summed E-state index contributed by atoms with van der Waals surface area (Å²) in [6.07, 6.45) is 4.63. The Morgan fingerprint density at radius 3 is 2.88 bits per heavy atom. The maximum Gasteiger partial charge on any atom is 0.180 e. The third-order valence-corrected chi connectivity index (χ3v) is 3.62. The van der Waals surface area contributed by atoms with Crippen molar-refractivity contribution in [3.8, 4) is 0 Å². The van der Waals surface area contributed by atoms with Gasteiger partial charge in [-0.1, -0.05) is 0 Å². The lowest BCUT2D eigenvalue weighted by molar-refractivity contribution is -0.120. The molecule has 2 aliphatic rings. The highest BCUT2D eigenvalue weighted by Gasteiger charge is 2.29. The van der Waals surface area contributed by atoms with Gasteiger partial charge in [-0.2, -0.15) is 0 Å². The van der Waals surface area contributed by atoms with E-state index < -0.39 is 0 Å². The number of hydrogen-bond acceptors (Lipinski definition) is 4. The van der Waals surface area contributed by atoms with Crippen molar-refractivity contribution in [3.05, 3.63) is 11.8 Å². The van der Waals surface area contributed by atoms with Crippen molar-refractivity contribution in [2.75, 3.05) is 40.3 Å². The fourth-order valence-electron chi connectivity index (χ4n) is 2.51. The molecule has 0 amide bonds. The van der Waals surface area contributed by atoms with E-state index in [0.717, 1.165) is 51.1 Å². The van der Waals surface area contributed by atoms with E-state index in [1.807, 2.05) is 7.05 Å². The average Bonchev–Trinajstić information content (AvgIpc) is 2.51. The number of Topliss-reactive ketones (excluding diaryl/α,β-unsaturated/α-hetero) is 1. The van der Waals surface area contributed by atoms with Crippen LogP contribution in [0.1, 0.15) is 19.3 Å². The lowest BCUT2D eigenvalue weighted by Crippen LogP contribution is -2.44. The summed E-state index contributed by atoms with van der Waals surface area (Å²) in [5.74, 6) is 0.251. The predicted molar refractivity (Wildman–Crippen MR) is 66.8 cm³/mol. The molecule has 1 atom stereocenters. The van der Waals surface area contributed by atoms with Crippen LogP contribution in [0, 0.1) is 0 Å². The van der Waals surface area contributed by atoms with Crippen LogP contribution < -0.4 is 0 Å². The Balaban J connectivity index is 2.07. The van der Waals surface area contributed by atoms with Crippen molar-refractivity contribution in [2.24, 2.45) is 0 Å². The van der Waals surface area contributed by atoms with Crippen molar-refractivity contribution in [1.29, 1.82) is 0 Å². The van der Waals surface area contributed by atoms with Gasteiger partial charge in [-0.05, 0) is 46.4 Å². The summed E-state index contributed by atoms with van der Waals surface area (Å²) in [6.45, 7) is 3.64. The number of rotatable bonds is 2. The van der Waals surface area contributed by atoms with Gasteiger partial charge in [-0.3, -0.25) is 9.69 Å². The molecule has 0 aromatic rings. The molecule has 0 saturated carbocycles. The maximum atomic E-state index is 12.4. The van der Waals surface area contributed by atoms with Gasteiger partial charge < -0.3 is 9.64 Å². The molecule has 4 nitrogen and oxygen atoms in total. The fraction of sp³-hybridized carbons (Fsp3) is 0.769. The van der Waals surface area contributed by atoms with Crippen LogP contribution in [0.3, 0.4) is 0 Å². The Bertz CT molecular complexity index is 315. The lowest BCUT2D eigenvalue weighted by atomic mass is 9.99. The summed E-state index contributed by atoms with van der Waals surface area (Å²) in [6, 6.07) is -0.00421. The second kappa shape index (κ2) is 5.65. The minimum absolute atomic E-state index is 0.00421. The van der Waals surface area contributed by atoms with Crippen molar-refractivity contribution in [1.82, 2.24) is 9.80 Å². The normalized spacial score (nSPS) is 28.1. The molecule has 0 aromatic carbocycles. The Hall–Kier alpha value is -0.870. The monoisotopic (exact) mass is 238 g/mol. The molecule has 0 bridgehead atoms. The molecular weight excluding hydrogens is 216 g/mol. The van der Waals surface area contributed by atoms with Crippen LogP contribution in [0.15, 0.2) is 11.8 Å². The molecule has 1 saturated heterocycles. The molecule has 0 radical (unpaired) electrons. The Morgan fingerprint density at radius 1 is 1.35 bits per heavy atom. The van der Waals surface area contributed by atoms with E-state index in [2.05, 4.69) is 16.8 Å². The fourth-order valence-corrected chi connectivity index (χ4v) is 2.51. The Morgan fingerprint density at radius 2 is 2.18 bits per heavy atom. The average molecular weight is 238 g/mol. The zero-order valence-corrected chi connectivity index (χ0v) is 10.8. The maximum absolute atomic E-state index is 12.4. The number of ketones is 1. The molecule has 1 fully saturated rings. The van der Waals surface area contributed by atoms with Crippen LogP contribution in [0.25, 0.3) is 0 Å². The smallest absolute Gasteiger partial charge is 0.180 e. The summed E-state index contributed by atoms with van der Waals surface area (Å²) in [7, 11) is 4.14. The molecular formula is C13H22N2O2. The zero-order chi connectivity index (χ0) is 12.3. The first kappa shape index (κ1) is 12.6. The molecule has 1 unspecified atom stereocenters. The van der Waals surface area contributed by atoms with E-state index in [0.29, 0.717) is 0 Å². The quantitative estimate of drug-likeness (QED) is 0.715. The standard InChI is InChI=1S/C13H22N2O2/c1-14-6-4-7-15(2)12(9-14)13(16)11-5-3-8-17-10-11/h10,12H,3-9H2,1-2H3. The van der Waals surface area contributed by atoms with E-state index in [1.54, 1.807) is 6.26 Å². The first-order chi connectivity index (χ1) is 8.18. The number of nitrogens with zero attached hydrogens (tertiary/aromatic N) is 2. The van der Waals surface area contributed by atoms with Gasteiger partial charge in [0.15, 0.2) is 5.78 Å². The minimum Gasteiger partial charge on any atom is -0.501 e. The summed E-state index contributed by atoms with van der Waals surface area (Å²) >= 11 is 0. The highest BCUT2D eigenvalue weighted by atomic mass is 16.5. The molecule has 4 heteroatoms. The SMILES string of the molecule is CN1CCCN(C)C(C(=O)C2=COCCC2)C1. The van der Waals surface area contributed by atoms with Gasteiger partial charge in [0.05, 0.1) is 18.9 Å². The largest absolute Gasteiger partial charge is 0.501 e. The second-order valence-electron chi connectivity index (χ2n) is 5.09. The highest BCUT2D eigenvalue weighted by molar-refractivity contribution is 5.99. The summed E-state index contributed by atoms with van der Waals surface area (Å²) in [5, 5.41) is 0. The molecule has 2 heterocycles. The molecule has 0 N–H and O–H groups in total. The van der Waals surface area contributed by atoms with Crippen LogP contribution >= 0.6 is 0 Å². The van der Waals surface area contributed by atoms with E-state index in [1.165, 1.54) is 0 Å². The third-order valence-electron chi connectivity index (χ3n) is 3.62. The van der Waals surface area contributed by atoms with Gasteiger partial charge in [-0.15, -0.1) is 0 Å². The van der Waals surface area contributed by atoms with Gasteiger partial charge in [0, 0.05) is 12.1 Å². The molecule has 0 spiro atoms. The van der Waals surface area contributed by atoms with Crippen LogP contribution in [-0.2, 0) is 9.53 Å². The first-order valence-corrected chi connectivity index (χ1v) is 6.42. The molecule has 0 aromatic heterocycles. The van der Waals surface area contributed by atoms with Gasteiger partial charge in [0.1, 0.15) is 0 Å². The first-order valence-electron chi connectivity index (χ1n) is 6.42. The number of ether oxygens (including phenoxy) is 1. The number of hydrogen-bond donors (Lipinski definition) is 0. The summed E-state index contributed by atoms with van der Waals surface area (Å²) in [4.78, 5) is 16.9. The van der Waals surface area contributed by atoms with Crippen LogP contribution in [0.2, 0.25) is 0 Å². The van der Waals surface area contributed by atoms with E-state index in [-0.39, 0.29) is 11.8 Å². The summed E-state index contributed by atoms with van der Waals surface area (Å²) in [5.41, 5.74) is 0.864. The summed E-state index contributed by atoms with van der Waals surface area (Å²) < 4.78 is 5.27. The molecule has 96 valence electrons. The molecule has 0 aliphatic carbocycles. The number of carbonyl (C=O) groups is 1. The highest BCUT2D eigenvalue weighted by Crippen LogP contribution is 2.18. The topological polar surface area (TPSA) is 32.8 Å². The van der Waals surface area contributed by atoms with E-state index in [4.69, 9.17) is 4.74 Å². The van der Waals surface area contributed by atoms with Gasteiger partial charge in [0.2, 0.25) is 0 Å². The van der Waals surface area contributed by atoms with Crippen molar-refractivity contribution in [3.63, 3.8) is 0 Å². The van der Waals surface area contributed by atoms with E-state index >= 15 is 0 Å². The van der Waals surface area contributed by atoms with E-state index in [9.17, 15) is 4.79 Å². The van der Waals surface area contributed by atoms with Crippen molar-refractivity contribution < 1.29 is 9.53 Å². The Kier molecular flexibility index (Phi) is 4.18. The third kappa shape index (κ3) is 3.07. The van der Waals surface area contributed by atoms with Gasteiger partial charge in [0.25, 0.3) is 0 Å². The van der Waals surface area contributed by atoms with Crippen LogP contribution in [-0.4, -0.2) is 62.0 Å². The molecule has 2 aliphatic heterocycles. The second-order valence-corrected chi connectivity index (χ2v) is 5.09. The number of likely N-dealkylation sites (N-methyl/N-ethyl adjacent to an activating group) is 2.